The fraction of sp³-hybridized carbons (Fsp3) is 0.238. The van der Waals surface area contributed by atoms with Crippen LogP contribution in [0.5, 0.6) is 5.75 Å². The van der Waals surface area contributed by atoms with Crippen LogP contribution in [-0.2, 0) is 11.3 Å². The van der Waals surface area contributed by atoms with Gasteiger partial charge >= 0.3 is 0 Å². The fourth-order valence-electron chi connectivity index (χ4n) is 3.14. The zero-order valence-electron chi connectivity index (χ0n) is 17.9. The number of phenolic OH excluding ortho intramolecular Hbond substituents is 1. The molecule has 2 heterocycles. The molecular weight excluding hydrogens is 508 g/mol. The highest BCUT2D eigenvalue weighted by Gasteiger charge is 2.17. The number of hydrazone groups is 1. The van der Waals surface area contributed by atoms with Crippen molar-refractivity contribution in [3.05, 3.63) is 68.2 Å². The van der Waals surface area contributed by atoms with E-state index in [4.69, 9.17) is 4.74 Å². The maximum Gasteiger partial charge on any atom is 0.271 e. The molecule has 0 bridgehead atoms. The summed E-state index contributed by atoms with van der Waals surface area (Å²) >= 11 is 3.11. The first-order chi connectivity index (χ1) is 16.5. The summed E-state index contributed by atoms with van der Waals surface area (Å²) in [7, 11) is 0. The monoisotopic (exact) mass is 528 g/mol. The van der Waals surface area contributed by atoms with Crippen molar-refractivity contribution < 1.29 is 14.8 Å². The number of aromatic nitrogens is 3. The van der Waals surface area contributed by atoms with Gasteiger partial charge in [0.05, 0.1) is 28.8 Å². The van der Waals surface area contributed by atoms with Crippen molar-refractivity contribution in [3.8, 4) is 5.75 Å². The number of nitrogens with one attached hydrogen (secondary N) is 2. The van der Waals surface area contributed by atoms with E-state index in [-0.39, 0.29) is 27.4 Å². The number of nitro benzene ring substituents is 1. The lowest BCUT2D eigenvalue weighted by atomic mass is 10.2. The Morgan fingerprint density at radius 1 is 1.18 bits per heavy atom. The quantitative estimate of drug-likeness (QED) is 0.226. The molecule has 3 N–H and O–H groups in total. The Bertz CT molecular complexity index is 1190. The number of aromatic hydroxyl groups is 1. The lowest BCUT2D eigenvalue weighted by Crippen LogP contribution is -2.37. The van der Waals surface area contributed by atoms with E-state index in [1.165, 1.54) is 18.3 Å². The first kappa shape index (κ1) is 23.3. The molecule has 4 rings (SSSR count). The normalized spacial score (nSPS) is 13.7. The summed E-state index contributed by atoms with van der Waals surface area (Å²) in [6, 6.07) is 12.3. The lowest BCUT2D eigenvalue weighted by molar-refractivity contribution is -0.385. The molecule has 34 heavy (non-hydrogen) atoms. The fourth-order valence-corrected chi connectivity index (χ4v) is 3.61. The Hall–Kier alpha value is -3.84. The molecule has 13 heteroatoms. The summed E-state index contributed by atoms with van der Waals surface area (Å²) in [6.45, 7) is 2.94. The van der Waals surface area contributed by atoms with Crippen LogP contribution in [0.1, 0.15) is 11.1 Å². The number of hydrogen-bond donors (Lipinski definition) is 3. The molecule has 1 fully saturated rings. The molecule has 0 aliphatic carbocycles. The number of phenols is 1. The molecule has 1 saturated heterocycles. The second kappa shape index (κ2) is 10.9. The van der Waals surface area contributed by atoms with Crippen LogP contribution in [0, 0.1) is 10.1 Å². The maximum atomic E-state index is 11.1. The van der Waals surface area contributed by atoms with E-state index in [0.29, 0.717) is 44.7 Å². The van der Waals surface area contributed by atoms with Crippen molar-refractivity contribution in [2.24, 2.45) is 5.10 Å². The van der Waals surface area contributed by atoms with E-state index in [0.717, 1.165) is 5.56 Å². The standard InChI is InChI=1S/C21H21BrN8O4/c22-17-11-16(30(32)33)10-15(18(17)31)13-24-28-20-25-19(23-12-14-4-2-1-3-5-14)26-21(27-20)29-6-8-34-9-7-29/h1-5,10-11,13,31H,6-9,12H2,(H2,23,25,26,27,28)/b24-13-. The summed E-state index contributed by atoms with van der Waals surface area (Å²) in [5, 5.41) is 28.5. The van der Waals surface area contributed by atoms with Crippen LogP contribution in [0.25, 0.3) is 0 Å². The van der Waals surface area contributed by atoms with E-state index in [1.807, 2.05) is 35.2 Å². The number of nitrogens with zero attached hydrogens (tertiary/aromatic N) is 6. The van der Waals surface area contributed by atoms with Crippen LogP contribution in [0.15, 0.2) is 52.0 Å². The molecule has 0 atom stereocenters. The topological polar surface area (TPSA) is 151 Å². The number of rotatable bonds is 8. The van der Waals surface area contributed by atoms with E-state index in [2.05, 4.69) is 46.7 Å². The van der Waals surface area contributed by atoms with Crippen molar-refractivity contribution in [1.82, 2.24) is 15.0 Å². The maximum absolute atomic E-state index is 11.1. The molecule has 2 aromatic carbocycles. The van der Waals surface area contributed by atoms with Gasteiger partial charge in [-0.25, -0.2) is 5.43 Å². The van der Waals surface area contributed by atoms with Crippen LogP contribution < -0.4 is 15.6 Å². The van der Waals surface area contributed by atoms with Crippen molar-refractivity contribution in [2.75, 3.05) is 41.9 Å². The van der Waals surface area contributed by atoms with Crippen LogP contribution in [0.3, 0.4) is 0 Å². The van der Waals surface area contributed by atoms with Gasteiger partial charge in [-0.1, -0.05) is 30.3 Å². The largest absolute Gasteiger partial charge is 0.506 e. The third kappa shape index (κ3) is 5.94. The molecule has 1 aromatic heterocycles. The minimum atomic E-state index is -0.555. The predicted molar refractivity (Wildman–Crippen MR) is 130 cm³/mol. The van der Waals surface area contributed by atoms with E-state index in [9.17, 15) is 15.2 Å². The van der Waals surface area contributed by atoms with E-state index in [1.54, 1.807) is 0 Å². The molecule has 0 saturated carbocycles. The Morgan fingerprint density at radius 2 is 1.91 bits per heavy atom. The highest BCUT2D eigenvalue weighted by atomic mass is 79.9. The molecule has 0 amide bonds. The lowest BCUT2D eigenvalue weighted by Gasteiger charge is -2.27. The van der Waals surface area contributed by atoms with Crippen molar-refractivity contribution >= 4 is 45.7 Å². The Kier molecular flexibility index (Phi) is 7.44. The molecule has 12 nitrogen and oxygen atoms in total. The summed E-state index contributed by atoms with van der Waals surface area (Å²) in [6.07, 6.45) is 1.25. The minimum absolute atomic E-state index is 0.151. The van der Waals surface area contributed by atoms with Crippen molar-refractivity contribution in [1.29, 1.82) is 0 Å². The van der Waals surface area contributed by atoms with Gasteiger partial charge in [-0.15, -0.1) is 0 Å². The molecule has 0 unspecified atom stereocenters. The number of anilines is 3. The third-order valence-electron chi connectivity index (χ3n) is 4.87. The highest BCUT2D eigenvalue weighted by Crippen LogP contribution is 2.31. The average molecular weight is 529 g/mol. The molecule has 0 spiro atoms. The van der Waals surface area contributed by atoms with Crippen LogP contribution in [0.2, 0.25) is 0 Å². The van der Waals surface area contributed by atoms with Gasteiger partial charge in [0, 0.05) is 37.3 Å². The van der Waals surface area contributed by atoms with Gasteiger partial charge < -0.3 is 20.1 Å². The van der Waals surface area contributed by atoms with Crippen molar-refractivity contribution in [3.63, 3.8) is 0 Å². The predicted octanol–water partition coefficient (Wildman–Crippen LogP) is 3.14. The van der Waals surface area contributed by atoms with Gasteiger partial charge in [-0.2, -0.15) is 20.1 Å². The van der Waals surface area contributed by atoms with Gasteiger partial charge in [0.25, 0.3) is 5.69 Å². The Balaban J connectivity index is 1.55. The molecule has 1 aliphatic heterocycles. The molecule has 3 aromatic rings. The summed E-state index contributed by atoms with van der Waals surface area (Å²) in [4.78, 5) is 25.8. The average Bonchev–Trinajstić information content (AvgIpc) is 2.86. The van der Waals surface area contributed by atoms with Gasteiger partial charge in [0.15, 0.2) is 0 Å². The SMILES string of the molecule is O=[N+]([O-])c1cc(Br)c(O)c(/C=N\Nc2nc(NCc3ccccc3)nc(N3CCOCC3)n2)c1. The number of ether oxygens (including phenoxy) is 1. The zero-order valence-corrected chi connectivity index (χ0v) is 19.5. The highest BCUT2D eigenvalue weighted by molar-refractivity contribution is 9.10. The van der Waals surface area contributed by atoms with Gasteiger partial charge in [-0.05, 0) is 21.5 Å². The smallest absolute Gasteiger partial charge is 0.271 e. The number of halogens is 1. The summed E-state index contributed by atoms with van der Waals surface area (Å²) in [5.41, 5.74) is 3.75. The Labute approximate surface area is 203 Å². The number of hydrogen-bond acceptors (Lipinski definition) is 11. The van der Waals surface area contributed by atoms with Gasteiger partial charge in [-0.3, -0.25) is 10.1 Å². The number of non-ortho nitro benzene ring substituents is 1. The first-order valence-electron chi connectivity index (χ1n) is 10.3. The van der Waals surface area contributed by atoms with Crippen LogP contribution in [-0.4, -0.2) is 57.5 Å². The zero-order chi connectivity index (χ0) is 23.9. The summed E-state index contributed by atoms with van der Waals surface area (Å²) < 4.78 is 5.59. The number of nitro groups is 1. The second-order valence-electron chi connectivity index (χ2n) is 7.21. The second-order valence-corrected chi connectivity index (χ2v) is 8.07. The molecule has 1 aliphatic rings. The third-order valence-corrected chi connectivity index (χ3v) is 5.47. The van der Waals surface area contributed by atoms with Gasteiger partial charge in [0.2, 0.25) is 17.8 Å². The van der Waals surface area contributed by atoms with Crippen LogP contribution >= 0.6 is 15.9 Å². The van der Waals surface area contributed by atoms with Crippen molar-refractivity contribution in [2.45, 2.75) is 6.54 Å². The minimum Gasteiger partial charge on any atom is -0.506 e. The molecule has 0 radical (unpaired) electrons. The molecule has 176 valence electrons. The Morgan fingerprint density at radius 3 is 2.65 bits per heavy atom. The van der Waals surface area contributed by atoms with Crippen LogP contribution in [0.4, 0.5) is 23.5 Å². The first-order valence-corrected chi connectivity index (χ1v) is 11.1. The number of benzene rings is 2. The number of morpholine rings is 1. The van der Waals surface area contributed by atoms with E-state index >= 15 is 0 Å². The van der Waals surface area contributed by atoms with E-state index < -0.39 is 4.92 Å². The van der Waals surface area contributed by atoms with Gasteiger partial charge in [0.1, 0.15) is 5.75 Å². The summed E-state index contributed by atoms with van der Waals surface area (Å²) in [5.74, 6) is 0.824. The molecular formula is C21H21BrN8O4.